The van der Waals surface area contributed by atoms with E-state index in [-0.39, 0.29) is 6.61 Å². The number of carbonyl (C=O) groups is 2. The molecule has 1 aromatic carbocycles. The minimum atomic E-state index is -0.694. The van der Waals surface area contributed by atoms with E-state index in [9.17, 15) is 9.59 Å². The van der Waals surface area contributed by atoms with Crippen molar-refractivity contribution in [2.45, 2.75) is 13.0 Å². The van der Waals surface area contributed by atoms with Gasteiger partial charge in [0.25, 0.3) is 0 Å². The fraction of sp³-hybridized carbons (Fsp3) is 0.333. The Morgan fingerprint density at radius 1 is 1.12 bits per heavy atom. The summed E-state index contributed by atoms with van der Waals surface area (Å²) in [5.41, 5.74) is 5.88. The van der Waals surface area contributed by atoms with E-state index < -0.39 is 18.3 Å². The molecule has 5 heteroatoms. The number of nitrogens with two attached hydrogens (primary N) is 1. The summed E-state index contributed by atoms with van der Waals surface area (Å²) >= 11 is 0. The predicted octanol–water partition coefficient (Wildman–Crippen LogP) is 0.622. The molecule has 0 unspecified atom stereocenters. The summed E-state index contributed by atoms with van der Waals surface area (Å²) in [6, 6.07) is 9.66. The molecule has 0 saturated heterocycles. The van der Waals surface area contributed by atoms with Crippen molar-refractivity contribution in [3.05, 3.63) is 35.9 Å². The number of hydrogen-bond donors (Lipinski definition) is 1. The van der Waals surface area contributed by atoms with Gasteiger partial charge in [-0.15, -0.1) is 0 Å². The van der Waals surface area contributed by atoms with Gasteiger partial charge in [0.05, 0.1) is 13.2 Å². The molecule has 0 saturated carbocycles. The molecule has 17 heavy (non-hydrogen) atoms. The smallest absolute Gasteiger partial charge is 0.315 e. The zero-order valence-electron chi connectivity index (χ0n) is 9.43. The normalized spacial score (nSPS) is 9.88. The minimum absolute atomic E-state index is 0.124. The van der Waals surface area contributed by atoms with E-state index >= 15 is 0 Å². The molecule has 92 valence electrons. The molecule has 0 heterocycles. The van der Waals surface area contributed by atoms with Crippen molar-refractivity contribution in [1.82, 2.24) is 0 Å². The van der Waals surface area contributed by atoms with Gasteiger partial charge in [-0.1, -0.05) is 30.3 Å². The first-order valence-electron chi connectivity index (χ1n) is 5.24. The summed E-state index contributed by atoms with van der Waals surface area (Å²) in [6.07, 6.45) is -0.390. The second-order valence-electron chi connectivity index (χ2n) is 3.40. The standard InChI is InChI=1S/C12H15NO4/c13-11(14)8-12(15)17-7-6-16-9-10-4-2-1-3-5-10/h1-5H,6-9H2,(H2,13,14). The zero-order valence-corrected chi connectivity index (χ0v) is 9.43. The molecular formula is C12H15NO4. The molecule has 0 aliphatic heterocycles. The van der Waals surface area contributed by atoms with E-state index in [4.69, 9.17) is 15.2 Å². The molecule has 0 bridgehead atoms. The number of ether oxygens (including phenoxy) is 2. The maximum Gasteiger partial charge on any atom is 0.315 e. The van der Waals surface area contributed by atoms with Crippen LogP contribution in [0.4, 0.5) is 0 Å². The SMILES string of the molecule is NC(=O)CC(=O)OCCOCc1ccccc1. The van der Waals surface area contributed by atoms with Crippen LogP contribution in [0.15, 0.2) is 30.3 Å². The minimum Gasteiger partial charge on any atom is -0.463 e. The monoisotopic (exact) mass is 237 g/mol. The molecule has 0 spiro atoms. The number of rotatable bonds is 7. The van der Waals surface area contributed by atoms with E-state index in [1.54, 1.807) is 0 Å². The third-order valence-corrected chi connectivity index (χ3v) is 1.92. The lowest BCUT2D eigenvalue weighted by atomic mass is 10.2. The van der Waals surface area contributed by atoms with Crippen LogP contribution in [-0.2, 0) is 25.7 Å². The molecule has 0 aromatic heterocycles. The molecule has 5 nitrogen and oxygen atoms in total. The molecule has 0 fully saturated rings. The van der Waals surface area contributed by atoms with E-state index in [1.807, 2.05) is 30.3 Å². The van der Waals surface area contributed by atoms with Gasteiger partial charge < -0.3 is 15.2 Å². The van der Waals surface area contributed by atoms with E-state index in [1.165, 1.54) is 0 Å². The molecule has 0 aliphatic carbocycles. The third-order valence-electron chi connectivity index (χ3n) is 1.92. The third kappa shape index (κ3) is 6.32. The molecule has 0 aliphatic rings. The van der Waals surface area contributed by atoms with E-state index in [0.29, 0.717) is 13.2 Å². The van der Waals surface area contributed by atoms with Crippen molar-refractivity contribution in [2.75, 3.05) is 13.2 Å². The largest absolute Gasteiger partial charge is 0.463 e. The van der Waals surface area contributed by atoms with Crippen LogP contribution in [0, 0.1) is 0 Å². The summed E-state index contributed by atoms with van der Waals surface area (Å²) < 4.78 is 10.0. The molecule has 1 amide bonds. The fourth-order valence-corrected chi connectivity index (χ4v) is 1.17. The Hall–Kier alpha value is -1.88. The number of amides is 1. The summed E-state index contributed by atoms with van der Waals surface area (Å²) in [5.74, 6) is -1.32. The zero-order chi connectivity index (χ0) is 12.5. The summed E-state index contributed by atoms with van der Waals surface area (Å²) in [5, 5.41) is 0. The molecular weight excluding hydrogens is 222 g/mol. The lowest BCUT2D eigenvalue weighted by Crippen LogP contribution is -2.19. The lowest BCUT2D eigenvalue weighted by Gasteiger charge is -2.05. The lowest BCUT2D eigenvalue weighted by molar-refractivity contribution is -0.147. The average Bonchev–Trinajstić information content (AvgIpc) is 2.29. The van der Waals surface area contributed by atoms with Gasteiger partial charge in [-0.2, -0.15) is 0 Å². The molecule has 0 radical (unpaired) electrons. The number of hydrogen-bond acceptors (Lipinski definition) is 4. The number of esters is 1. The van der Waals surface area contributed by atoms with Crippen molar-refractivity contribution in [3.63, 3.8) is 0 Å². The van der Waals surface area contributed by atoms with Gasteiger partial charge in [-0.3, -0.25) is 9.59 Å². The van der Waals surface area contributed by atoms with Gasteiger partial charge in [0.2, 0.25) is 5.91 Å². The van der Waals surface area contributed by atoms with Crippen LogP contribution in [0.3, 0.4) is 0 Å². The van der Waals surface area contributed by atoms with Gasteiger partial charge in [-0.25, -0.2) is 0 Å². The average molecular weight is 237 g/mol. The van der Waals surface area contributed by atoms with Crippen molar-refractivity contribution >= 4 is 11.9 Å². The van der Waals surface area contributed by atoms with Gasteiger partial charge >= 0.3 is 5.97 Å². The topological polar surface area (TPSA) is 78.6 Å². The second-order valence-corrected chi connectivity index (χ2v) is 3.40. The van der Waals surface area contributed by atoms with Crippen LogP contribution in [0.25, 0.3) is 0 Å². The quantitative estimate of drug-likeness (QED) is 0.428. The van der Waals surface area contributed by atoms with Crippen molar-refractivity contribution in [2.24, 2.45) is 5.73 Å². The molecule has 1 rings (SSSR count). The highest BCUT2D eigenvalue weighted by Crippen LogP contribution is 2.00. The van der Waals surface area contributed by atoms with Gasteiger partial charge in [0, 0.05) is 0 Å². The Labute approximate surface area is 99.5 Å². The van der Waals surface area contributed by atoms with Crippen LogP contribution in [0.2, 0.25) is 0 Å². The first kappa shape index (κ1) is 13.2. The number of primary amides is 1. The van der Waals surface area contributed by atoms with Gasteiger partial charge in [0.15, 0.2) is 0 Å². The maximum atomic E-state index is 10.9. The van der Waals surface area contributed by atoms with Crippen LogP contribution < -0.4 is 5.73 Å². The highest BCUT2D eigenvalue weighted by atomic mass is 16.6. The second kappa shape index (κ2) is 7.40. The fourth-order valence-electron chi connectivity index (χ4n) is 1.17. The Morgan fingerprint density at radius 2 is 1.82 bits per heavy atom. The van der Waals surface area contributed by atoms with Crippen molar-refractivity contribution in [1.29, 1.82) is 0 Å². The Kier molecular flexibility index (Phi) is 5.74. The van der Waals surface area contributed by atoms with Crippen LogP contribution in [0.1, 0.15) is 12.0 Å². The van der Waals surface area contributed by atoms with Crippen molar-refractivity contribution in [3.8, 4) is 0 Å². The summed E-state index contributed by atoms with van der Waals surface area (Å²) in [4.78, 5) is 21.3. The molecule has 0 atom stereocenters. The molecule has 2 N–H and O–H groups in total. The molecule has 1 aromatic rings. The first-order chi connectivity index (χ1) is 8.18. The highest BCUT2D eigenvalue weighted by Gasteiger charge is 2.06. The van der Waals surface area contributed by atoms with Crippen molar-refractivity contribution < 1.29 is 19.1 Å². The van der Waals surface area contributed by atoms with E-state index in [2.05, 4.69) is 0 Å². The van der Waals surface area contributed by atoms with Crippen LogP contribution >= 0.6 is 0 Å². The van der Waals surface area contributed by atoms with Crippen LogP contribution in [-0.4, -0.2) is 25.1 Å². The Morgan fingerprint density at radius 3 is 2.47 bits per heavy atom. The first-order valence-corrected chi connectivity index (χ1v) is 5.24. The van der Waals surface area contributed by atoms with Crippen LogP contribution in [0.5, 0.6) is 0 Å². The highest BCUT2D eigenvalue weighted by molar-refractivity contribution is 5.93. The predicted molar refractivity (Wildman–Crippen MR) is 60.9 cm³/mol. The van der Waals surface area contributed by atoms with Gasteiger partial charge in [-0.05, 0) is 5.56 Å². The summed E-state index contributed by atoms with van der Waals surface area (Å²) in [7, 11) is 0. The Bertz CT molecular complexity index is 364. The Balaban J connectivity index is 2.05. The van der Waals surface area contributed by atoms with E-state index in [0.717, 1.165) is 5.56 Å². The maximum absolute atomic E-state index is 10.9. The summed E-state index contributed by atoms with van der Waals surface area (Å²) in [6.45, 7) is 0.882. The number of benzene rings is 1. The van der Waals surface area contributed by atoms with Gasteiger partial charge in [0.1, 0.15) is 13.0 Å². The number of carbonyl (C=O) groups excluding carboxylic acids is 2.